The number of imidazole rings is 1. The maximum absolute atomic E-state index is 12.5. The number of nitrogen functional groups attached to an aromatic ring is 1. The van der Waals surface area contributed by atoms with Gasteiger partial charge in [-0.1, -0.05) is 18.2 Å². The van der Waals surface area contributed by atoms with Crippen molar-refractivity contribution in [3.63, 3.8) is 0 Å². The molecule has 0 aliphatic heterocycles. The monoisotopic (exact) mass is 289 g/mol. The number of hydrogen-bond acceptors (Lipinski definition) is 3. The molecule has 0 atom stereocenters. The van der Waals surface area contributed by atoms with Crippen molar-refractivity contribution in [3.05, 3.63) is 48.2 Å². The van der Waals surface area contributed by atoms with Crippen molar-refractivity contribution >= 4 is 11.5 Å². The molecule has 6 heteroatoms. The number of anilines is 1. The normalized spacial score (nSPS) is 11.2. The van der Waals surface area contributed by atoms with Crippen molar-refractivity contribution in [2.45, 2.75) is 13.5 Å². The van der Waals surface area contributed by atoms with E-state index in [9.17, 15) is 8.78 Å². The number of aryl methyl sites for hydroxylation is 1. The van der Waals surface area contributed by atoms with Crippen LogP contribution < -0.4 is 10.5 Å². The molecule has 21 heavy (non-hydrogen) atoms. The highest BCUT2D eigenvalue weighted by atomic mass is 19.3. The van der Waals surface area contributed by atoms with Gasteiger partial charge in [-0.05, 0) is 30.7 Å². The van der Waals surface area contributed by atoms with E-state index in [2.05, 4.69) is 9.72 Å². The molecule has 2 heterocycles. The van der Waals surface area contributed by atoms with Crippen LogP contribution in [-0.2, 0) is 0 Å². The summed E-state index contributed by atoms with van der Waals surface area (Å²) in [4.78, 5) is 4.40. The first-order valence-electron chi connectivity index (χ1n) is 6.34. The van der Waals surface area contributed by atoms with Crippen molar-refractivity contribution in [2.24, 2.45) is 0 Å². The number of pyridine rings is 1. The van der Waals surface area contributed by atoms with Gasteiger partial charge in [0.2, 0.25) is 0 Å². The molecular weight excluding hydrogens is 276 g/mol. The molecule has 0 amide bonds. The van der Waals surface area contributed by atoms with Crippen LogP contribution in [0.15, 0.2) is 42.6 Å². The molecule has 4 nitrogen and oxygen atoms in total. The van der Waals surface area contributed by atoms with Gasteiger partial charge in [-0.15, -0.1) is 0 Å². The van der Waals surface area contributed by atoms with Crippen LogP contribution >= 0.6 is 0 Å². The molecule has 0 aliphatic rings. The average Bonchev–Trinajstić information content (AvgIpc) is 2.76. The van der Waals surface area contributed by atoms with E-state index in [4.69, 9.17) is 5.73 Å². The maximum Gasteiger partial charge on any atom is 0.387 e. The minimum atomic E-state index is -2.90. The van der Waals surface area contributed by atoms with Crippen LogP contribution in [0.3, 0.4) is 0 Å². The van der Waals surface area contributed by atoms with Gasteiger partial charge in [0.1, 0.15) is 22.9 Å². The summed E-state index contributed by atoms with van der Waals surface area (Å²) in [6.45, 7) is -0.960. The van der Waals surface area contributed by atoms with E-state index in [0.29, 0.717) is 22.7 Å². The number of aromatic nitrogens is 2. The largest absolute Gasteiger partial charge is 0.434 e. The van der Waals surface area contributed by atoms with Crippen molar-refractivity contribution in [2.75, 3.05) is 5.73 Å². The number of alkyl halides is 2. The van der Waals surface area contributed by atoms with Crippen molar-refractivity contribution in [1.82, 2.24) is 9.38 Å². The summed E-state index contributed by atoms with van der Waals surface area (Å²) in [5.74, 6) is 0.443. The summed E-state index contributed by atoms with van der Waals surface area (Å²) in [5.41, 5.74) is 8.64. The Bertz CT molecular complexity index is 799. The highest BCUT2D eigenvalue weighted by Crippen LogP contribution is 2.34. The molecule has 0 radical (unpaired) electrons. The molecule has 1 aromatic carbocycles. The van der Waals surface area contributed by atoms with Gasteiger partial charge in [0.05, 0.1) is 0 Å². The number of nitrogens with two attached hydrogens (primary N) is 1. The summed E-state index contributed by atoms with van der Waals surface area (Å²) < 4.78 is 31.3. The van der Waals surface area contributed by atoms with E-state index in [1.165, 1.54) is 6.07 Å². The number of fused-ring (bicyclic) bond motifs is 1. The first-order valence-corrected chi connectivity index (χ1v) is 6.34. The van der Waals surface area contributed by atoms with Crippen LogP contribution in [0.1, 0.15) is 5.56 Å². The van der Waals surface area contributed by atoms with Crippen molar-refractivity contribution < 1.29 is 13.5 Å². The Labute approximate surface area is 119 Å². The summed E-state index contributed by atoms with van der Waals surface area (Å²) in [6.07, 6.45) is 1.84. The van der Waals surface area contributed by atoms with Crippen LogP contribution in [-0.4, -0.2) is 16.0 Å². The zero-order valence-corrected chi connectivity index (χ0v) is 11.3. The fraction of sp³-hybridized carbons (Fsp3) is 0.133. The third-order valence-corrected chi connectivity index (χ3v) is 3.16. The fourth-order valence-corrected chi connectivity index (χ4v) is 2.23. The highest BCUT2D eigenvalue weighted by molar-refractivity contribution is 5.79. The number of hydrogen-bond donors (Lipinski definition) is 1. The molecule has 3 aromatic rings. The zero-order chi connectivity index (χ0) is 15.0. The Balaban J connectivity index is 2.19. The van der Waals surface area contributed by atoms with Crippen LogP contribution in [0.2, 0.25) is 0 Å². The van der Waals surface area contributed by atoms with E-state index < -0.39 is 6.61 Å². The van der Waals surface area contributed by atoms with Crippen LogP contribution in [0, 0.1) is 6.92 Å². The summed E-state index contributed by atoms with van der Waals surface area (Å²) in [5, 5.41) is 0. The summed E-state index contributed by atoms with van der Waals surface area (Å²) >= 11 is 0. The van der Waals surface area contributed by atoms with Crippen molar-refractivity contribution in [1.29, 1.82) is 0 Å². The van der Waals surface area contributed by atoms with Gasteiger partial charge in [0.25, 0.3) is 0 Å². The van der Waals surface area contributed by atoms with Gasteiger partial charge >= 0.3 is 6.61 Å². The summed E-state index contributed by atoms with van der Waals surface area (Å²) in [7, 11) is 0. The Kier molecular flexibility index (Phi) is 3.21. The second-order valence-corrected chi connectivity index (χ2v) is 4.65. The molecule has 0 unspecified atom stereocenters. The van der Waals surface area contributed by atoms with Gasteiger partial charge in [-0.2, -0.15) is 8.78 Å². The van der Waals surface area contributed by atoms with Gasteiger partial charge in [0, 0.05) is 11.8 Å². The van der Waals surface area contributed by atoms with E-state index in [1.54, 1.807) is 22.6 Å². The smallest absolute Gasteiger partial charge is 0.387 e. The van der Waals surface area contributed by atoms with Gasteiger partial charge in [-0.3, -0.25) is 4.40 Å². The number of ether oxygens (including phenoxy) is 1. The number of rotatable bonds is 3. The molecule has 3 rings (SSSR count). The highest BCUT2D eigenvalue weighted by Gasteiger charge is 2.17. The lowest BCUT2D eigenvalue weighted by Gasteiger charge is -2.09. The first kappa shape index (κ1) is 13.4. The molecule has 0 fully saturated rings. The molecular formula is C15H13F2N3O. The fourth-order valence-electron chi connectivity index (χ4n) is 2.23. The topological polar surface area (TPSA) is 52.5 Å². The van der Waals surface area contributed by atoms with E-state index in [-0.39, 0.29) is 5.75 Å². The minimum Gasteiger partial charge on any atom is -0.434 e. The first-order chi connectivity index (χ1) is 10.1. The lowest BCUT2D eigenvalue weighted by molar-refractivity contribution is -0.0494. The molecule has 0 saturated carbocycles. The summed E-state index contributed by atoms with van der Waals surface area (Å²) in [6, 6.07) is 10.2. The molecule has 108 valence electrons. The third-order valence-electron chi connectivity index (χ3n) is 3.16. The van der Waals surface area contributed by atoms with Crippen LogP contribution in [0.4, 0.5) is 14.6 Å². The molecule has 0 spiro atoms. The van der Waals surface area contributed by atoms with Gasteiger partial charge in [-0.25, -0.2) is 4.98 Å². The predicted molar refractivity (Wildman–Crippen MR) is 76.4 cm³/mol. The second-order valence-electron chi connectivity index (χ2n) is 4.65. The Morgan fingerprint density at radius 3 is 2.71 bits per heavy atom. The zero-order valence-electron chi connectivity index (χ0n) is 11.3. The number of halogens is 2. The molecule has 0 bridgehead atoms. The number of para-hydroxylation sites is 1. The van der Waals surface area contributed by atoms with Crippen molar-refractivity contribution in [3.8, 4) is 17.0 Å². The Morgan fingerprint density at radius 1 is 1.19 bits per heavy atom. The molecule has 2 aromatic heterocycles. The van der Waals surface area contributed by atoms with Crippen LogP contribution in [0.5, 0.6) is 5.75 Å². The quantitative estimate of drug-likeness (QED) is 0.803. The maximum atomic E-state index is 12.5. The number of nitrogens with zero attached hydrogens (tertiary/aromatic N) is 2. The number of benzene rings is 1. The standard InChI is InChI=1S/C15H13F2N3O/c1-9-6-7-12-19-13(14(18)20(12)8-9)10-4-2-3-5-11(10)21-15(16)17/h2-8,15H,18H2,1H3. The molecule has 2 N–H and O–H groups in total. The molecule has 0 saturated heterocycles. The lowest BCUT2D eigenvalue weighted by atomic mass is 10.1. The van der Waals surface area contributed by atoms with E-state index >= 15 is 0 Å². The Morgan fingerprint density at radius 2 is 1.95 bits per heavy atom. The van der Waals surface area contributed by atoms with Gasteiger partial charge < -0.3 is 10.5 Å². The van der Waals surface area contributed by atoms with E-state index in [0.717, 1.165) is 5.56 Å². The lowest BCUT2D eigenvalue weighted by Crippen LogP contribution is -2.03. The average molecular weight is 289 g/mol. The van der Waals surface area contributed by atoms with E-state index in [1.807, 2.05) is 25.3 Å². The second kappa shape index (κ2) is 5.05. The molecule has 0 aliphatic carbocycles. The Hall–Kier alpha value is -2.63. The minimum absolute atomic E-state index is 0.0549. The SMILES string of the molecule is Cc1ccc2nc(-c3ccccc3OC(F)F)c(N)n2c1. The third kappa shape index (κ3) is 2.40. The van der Waals surface area contributed by atoms with Crippen LogP contribution in [0.25, 0.3) is 16.9 Å². The predicted octanol–water partition coefficient (Wildman–Crippen LogP) is 3.49. The van der Waals surface area contributed by atoms with Gasteiger partial charge in [0.15, 0.2) is 0 Å².